The van der Waals surface area contributed by atoms with Crippen LogP contribution in [0.1, 0.15) is 46.5 Å². The first-order valence-corrected chi connectivity index (χ1v) is 10.2. The molecule has 2 rings (SSSR count). The lowest BCUT2D eigenvalue weighted by Gasteiger charge is -2.21. The molecule has 2 unspecified atom stereocenters. The van der Waals surface area contributed by atoms with Crippen LogP contribution in [-0.4, -0.2) is 45.7 Å². The van der Waals surface area contributed by atoms with Gasteiger partial charge in [0.2, 0.25) is 17.6 Å². The summed E-state index contributed by atoms with van der Waals surface area (Å²) in [5, 5.41) is 3.06. The highest BCUT2D eigenvalue weighted by Gasteiger charge is 2.36. The number of rotatable bonds is 10. The number of hydrogen-bond donors (Lipinski definition) is 1. The Morgan fingerprint density at radius 2 is 1.72 bits per heavy atom. The number of carbonyl (C=O) groups excluding carboxylic acids is 2. The molecule has 7 heteroatoms. The second-order valence-corrected chi connectivity index (χ2v) is 8.02. The van der Waals surface area contributed by atoms with E-state index in [4.69, 9.17) is 14.2 Å². The number of carbonyl (C=O) groups is 2. The normalized spacial score (nSPS) is 17.4. The average Bonchev–Trinajstić information content (AvgIpc) is 3.08. The van der Waals surface area contributed by atoms with Crippen LogP contribution in [0.2, 0.25) is 0 Å². The third kappa shape index (κ3) is 5.78. The quantitative estimate of drug-likeness (QED) is 0.644. The van der Waals surface area contributed by atoms with Gasteiger partial charge in [0.25, 0.3) is 0 Å². The number of ether oxygens (including phenoxy) is 3. The van der Waals surface area contributed by atoms with Crippen LogP contribution in [0.15, 0.2) is 12.1 Å². The second-order valence-electron chi connectivity index (χ2n) is 8.02. The summed E-state index contributed by atoms with van der Waals surface area (Å²) >= 11 is 0. The molecular formula is C22H34N2O5. The van der Waals surface area contributed by atoms with Gasteiger partial charge < -0.3 is 24.4 Å². The van der Waals surface area contributed by atoms with E-state index in [1.165, 1.54) is 21.3 Å². The van der Waals surface area contributed by atoms with Crippen molar-refractivity contribution < 1.29 is 23.8 Å². The SMILES string of the molecule is COc1cc(N2CC(C(=O)NC(C)CCCC(C)C)CC2=O)cc(OC)c1OC. The first-order chi connectivity index (χ1) is 13.8. The Kier molecular flexibility index (Phi) is 8.17. The lowest BCUT2D eigenvalue weighted by Crippen LogP contribution is -2.38. The number of nitrogens with zero attached hydrogens (tertiary/aromatic N) is 1. The summed E-state index contributed by atoms with van der Waals surface area (Å²) in [6.45, 7) is 6.75. The molecule has 29 heavy (non-hydrogen) atoms. The van der Waals surface area contributed by atoms with Gasteiger partial charge in [-0.25, -0.2) is 0 Å². The molecule has 2 atom stereocenters. The Labute approximate surface area is 173 Å². The van der Waals surface area contributed by atoms with E-state index in [2.05, 4.69) is 19.2 Å². The van der Waals surface area contributed by atoms with E-state index in [9.17, 15) is 9.59 Å². The predicted octanol–water partition coefficient (Wildman–Crippen LogP) is 3.40. The summed E-state index contributed by atoms with van der Waals surface area (Å²) < 4.78 is 16.1. The van der Waals surface area contributed by atoms with E-state index in [1.54, 1.807) is 17.0 Å². The van der Waals surface area contributed by atoms with Crippen molar-refractivity contribution in [2.75, 3.05) is 32.8 Å². The van der Waals surface area contributed by atoms with Gasteiger partial charge in [-0.2, -0.15) is 0 Å². The Balaban J connectivity index is 2.05. The highest BCUT2D eigenvalue weighted by atomic mass is 16.5. The average molecular weight is 407 g/mol. The van der Waals surface area contributed by atoms with Gasteiger partial charge in [-0.3, -0.25) is 9.59 Å². The standard InChI is InChI=1S/C22H34N2O5/c1-14(2)8-7-9-15(3)23-22(26)16-10-20(25)24(13-16)17-11-18(27-4)21(29-6)19(12-17)28-5/h11-12,14-16H,7-10,13H2,1-6H3,(H,23,26). The molecule has 0 radical (unpaired) electrons. The molecule has 2 amide bonds. The molecule has 162 valence electrons. The number of hydrogen-bond acceptors (Lipinski definition) is 5. The fourth-order valence-corrected chi connectivity index (χ4v) is 3.62. The van der Waals surface area contributed by atoms with Gasteiger partial charge in [0.1, 0.15) is 0 Å². The fraction of sp³-hybridized carbons (Fsp3) is 0.636. The fourth-order valence-electron chi connectivity index (χ4n) is 3.62. The Hall–Kier alpha value is -2.44. The van der Waals surface area contributed by atoms with E-state index in [0.29, 0.717) is 35.4 Å². The summed E-state index contributed by atoms with van der Waals surface area (Å²) in [6, 6.07) is 3.56. The van der Waals surface area contributed by atoms with E-state index >= 15 is 0 Å². The third-order valence-corrected chi connectivity index (χ3v) is 5.26. The summed E-state index contributed by atoms with van der Waals surface area (Å²) in [5.41, 5.74) is 0.629. The van der Waals surface area contributed by atoms with Crippen LogP contribution in [0.3, 0.4) is 0 Å². The maximum Gasteiger partial charge on any atom is 0.227 e. The van der Waals surface area contributed by atoms with E-state index in [1.807, 2.05) is 6.92 Å². The number of benzene rings is 1. The summed E-state index contributed by atoms with van der Waals surface area (Å²) in [5.74, 6) is 1.56. The molecule has 1 N–H and O–H groups in total. The smallest absolute Gasteiger partial charge is 0.227 e. The Bertz CT molecular complexity index is 694. The van der Waals surface area contributed by atoms with Crippen molar-refractivity contribution in [2.24, 2.45) is 11.8 Å². The maximum atomic E-state index is 12.7. The maximum absolute atomic E-state index is 12.7. The molecule has 1 aromatic rings. The van der Waals surface area contributed by atoms with Crippen molar-refractivity contribution in [3.8, 4) is 17.2 Å². The van der Waals surface area contributed by atoms with E-state index in [0.717, 1.165) is 19.3 Å². The summed E-state index contributed by atoms with van der Waals surface area (Å²) in [7, 11) is 4.59. The zero-order chi connectivity index (χ0) is 21.6. The number of methoxy groups -OCH3 is 3. The Morgan fingerprint density at radius 3 is 2.24 bits per heavy atom. The van der Waals surface area contributed by atoms with E-state index < -0.39 is 0 Å². The highest BCUT2D eigenvalue weighted by Crippen LogP contribution is 2.42. The zero-order valence-corrected chi connectivity index (χ0v) is 18.4. The van der Waals surface area contributed by atoms with Crippen molar-refractivity contribution >= 4 is 17.5 Å². The number of anilines is 1. The zero-order valence-electron chi connectivity index (χ0n) is 18.4. The van der Waals surface area contributed by atoms with Crippen molar-refractivity contribution in [1.82, 2.24) is 5.32 Å². The molecule has 7 nitrogen and oxygen atoms in total. The first kappa shape index (κ1) is 22.8. The van der Waals surface area contributed by atoms with Crippen LogP contribution in [0.5, 0.6) is 17.2 Å². The highest BCUT2D eigenvalue weighted by molar-refractivity contribution is 6.00. The number of amides is 2. The molecule has 1 aliphatic heterocycles. The molecular weight excluding hydrogens is 372 g/mol. The molecule has 0 saturated carbocycles. The molecule has 1 fully saturated rings. The van der Waals surface area contributed by atoms with Crippen molar-refractivity contribution in [3.63, 3.8) is 0 Å². The molecule has 0 spiro atoms. The predicted molar refractivity (Wildman–Crippen MR) is 113 cm³/mol. The molecule has 0 aliphatic carbocycles. The third-order valence-electron chi connectivity index (χ3n) is 5.26. The van der Waals surface area contributed by atoms with Crippen LogP contribution in [-0.2, 0) is 9.59 Å². The second kappa shape index (κ2) is 10.4. The van der Waals surface area contributed by atoms with Crippen molar-refractivity contribution in [2.45, 2.75) is 52.5 Å². The monoisotopic (exact) mass is 406 g/mol. The largest absolute Gasteiger partial charge is 0.493 e. The minimum atomic E-state index is -0.367. The van der Waals surface area contributed by atoms with Gasteiger partial charge in [0.05, 0.1) is 32.9 Å². The van der Waals surface area contributed by atoms with Gasteiger partial charge in [-0.1, -0.05) is 26.7 Å². The summed E-state index contributed by atoms with van der Waals surface area (Å²) in [4.78, 5) is 26.9. The van der Waals surface area contributed by atoms with Crippen LogP contribution in [0.4, 0.5) is 5.69 Å². The van der Waals surface area contributed by atoms with Gasteiger partial charge in [0.15, 0.2) is 11.5 Å². The van der Waals surface area contributed by atoms with Crippen LogP contribution in [0, 0.1) is 11.8 Å². The minimum Gasteiger partial charge on any atom is -0.493 e. The van der Waals surface area contributed by atoms with Gasteiger partial charge in [-0.05, 0) is 19.3 Å². The molecule has 0 aromatic heterocycles. The molecule has 1 aliphatic rings. The van der Waals surface area contributed by atoms with Crippen molar-refractivity contribution in [3.05, 3.63) is 12.1 Å². The Morgan fingerprint density at radius 1 is 1.10 bits per heavy atom. The van der Waals surface area contributed by atoms with Crippen molar-refractivity contribution in [1.29, 1.82) is 0 Å². The minimum absolute atomic E-state index is 0.0645. The molecule has 1 aromatic carbocycles. The van der Waals surface area contributed by atoms with Gasteiger partial charge in [0, 0.05) is 31.1 Å². The molecule has 0 bridgehead atoms. The van der Waals surface area contributed by atoms with Gasteiger partial charge in [-0.15, -0.1) is 0 Å². The van der Waals surface area contributed by atoms with Gasteiger partial charge >= 0.3 is 0 Å². The lowest BCUT2D eigenvalue weighted by atomic mass is 10.0. The van der Waals surface area contributed by atoms with Crippen LogP contribution >= 0.6 is 0 Å². The summed E-state index contributed by atoms with van der Waals surface area (Å²) in [6.07, 6.45) is 3.37. The lowest BCUT2D eigenvalue weighted by molar-refractivity contribution is -0.126. The topological polar surface area (TPSA) is 77.1 Å². The van der Waals surface area contributed by atoms with E-state index in [-0.39, 0.29) is 30.2 Å². The van der Waals surface area contributed by atoms with Crippen LogP contribution in [0.25, 0.3) is 0 Å². The first-order valence-electron chi connectivity index (χ1n) is 10.2. The molecule has 1 saturated heterocycles. The number of nitrogens with one attached hydrogen (secondary N) is 1. The molecule has 1 heterocycles. The van der Waals surface area contributed by atoms with Crippen LogP contribution < -0.4 is 24.4 Å².